The van der Waals surface area contributed by atoms with Crippen molar-refractivity contribution in [3.63, 3.8) is 0 Å². The molecular formula is C12H16ClN5. The van der Waals surface area contributed by atoms with Crippen LogP contribution in [0.1, 0.15) is 29.9 Å². The van der Waals surface area contributed by atoms with Gasteiger partial charge in [0.25, 0.3) is 0 Å². The fourth-order valence-electron chi connectivity index (χ4n) is 1.89. The summed E-state index contributed by atoms with van der Waals surface area (Å²) in [5.41, 5.74) is 8.96. The van der Waals surface area contributed by atoms with E-state index < -0.39 is 0 Å². The Morgan fingerprint density at radius 2 is 2.22 bits per heavy atom. The summed E-state index contributed by atoms with van der Waals surface area (Å²) in [6.07, 6.45) is 4.76. The average molecular weight is 266 g/mol. The molecule has 0 radical (unpaired) electrons. The third-order valence-corrected chi connectivity index (χ3v) is 3.39. The van der Waals surface area contributed by atoms with Crippen LogP contribution in [0, 0.1) is 0 Å². The minimum atomic E-state index is -0.155. The van der Waals surface area contributed by atoms with Gasteiger partial charge in [-0.1, -0.05) is 18.5 Å². The molecular weight excluding hydrogens is 250 g/mol. The first kappa shape index (κ1) is 13.0. The number of halogens is 1. The van der Waals surface area contributed by atoms with Crippen molar-refractivity contribution in [1.82, 2.24) is 20.0 Å². The molecule has 2 aromatic rings. The number of aromatic nitrogens is 4. The van der Waals surface area contributed by atoms with E-state index in [2.05, 4.69) is 15.3 Å². The van der Waals surface area contributed by atoms with Gasteiger partial charge in [0, 0.05) is 25.7 Å². The molecule has 0 bridgehead atoms. The molecule has 2 heterocycles. The van der Waals surface area contributed by atoms with Crippen LogP contribution in [0.5, 0.6) is 0 Å². The van der Waals surface area contributed by atoms with Crippen molar-refractivity contribution < 1.29 is 0 Å². The second kappa shape index (κ2) is 5.46. The fourth-order valence-corrected chi connectivity index (χ4v) is 2.26. The molecule has 6 heteroatoms. The summed E-state index contributed by atoms with van der Waals surface area (Å²) in [5, 5.41) is 12.7. The third-order valence-electron chi connectivity index (χ3n) is 2.95. The maximum absolute atomic E-state index is 6.29. The molecule has 5 nitrogen and oxygen atoms in total. The monoisotopic (exact) mass is 265 g/mol. The minimum Gasteiger partial charge on any atom is -0.324 e. The van der Waals surface area contributed by atoms with Gasteiger partial charge in [0.15, 0.2) is 0 Å². The minimum absolute atomic E-state index is 0.155. The van der Waals surface area contributed by atoms with Gasteiger partial charge in [0.1, 0.15) is 0 Å². The van der Waals surface area contributed by atoms with E-state index in [-0.39, 0.29) is 6.04 Å². The lowest BCUT2D eigenvalue weighted by molar-refractivity contribution is 0.635. The van der Waals surface area contributed by atoms with Gasteiger partial charge >= 0.3 is 0 Å². The van der Waals surface area contributed by atoms with Gasteiger partial charge in [-0.05, 0) is 18.1 Å². The van der Waals surface area contributed by atoms with Gasteiger partial charge in [0.05, 0.1) is 22.6 Å². The number of hydrogen-bond acceptors (Lipinski definition) is 4. The summed E-state index contributed by atoms with van der Waals surface area (Å²) in [5.74, 6) is 0. The Bertz CT molecular complexity index is 523. The highest BCUT2D eigenvalue weighted by atomic mass is 35.5. The second-order valence-electron chi connectivity index (χ2n) is 4.17. The molecule has 1 atom stereocenters. The zero-order valence-electron chi connectivity index (χ0n) is 10.5. The molecule has 0 saturated heterocycles. The molecule has 0 aliphatic rings. The molecule has 0 aliphatic heterocycles. The van der Waals surface area contributed by atoms with Crippen LogP contribution in [0.3, 0.4) is 0 Å². The Labute approximate surface area is 111 Å². The number of hydrogen-bond donors (Lipinski definition) is 1. The van der Waals surface area contributed by atoms with Gasteiger partial charge in [-0.25, -0.2) is 0 Å². The van der Waals surface area contributed by atoms with Crippen LogP contribution in [0.2, 0.25) is 5.02 Å². The molecule has 96 valence electrons. The molecule has 2 aromatic heterocycles. The maximum atomic E-state index is 6.29. The van der Waals surface area contributed by atoms with Crippen molar-refractivity contribution in [3.05, 3.63) is 40.4 Å². The molecule has 0 spiro atoms. The number of nitrogens with zero attached hydrogens (tertiary/aromatic N) is 4. The van der Waals surface area contributed by atoms with Crippen LogP contribution in [-0.4, -0.2) is 20.0 Å². The lowest BCUT2D eigenvalue weighted by Crippen LogP contribution is -2.16. The molecule has 0 aromatic carbocycles. The first-order valence-corrected chi connectivity index (χ1v) is 6.23. The Morgan fingerprint density at radius 1 is 1.44 bits per heavy atom. The van der Waals surface area contributed by atoms with E-state index in [0.29, 0.717) is 6.42 Å². The Hall–Kier alpha value is -1.46. The van der Waals surface area contributed by atoms with Crippen molar-refractivity contribution in [2.75, 3.05) is 0 Å². The van der Waals surface area contributed by atoms with Crippen LogP contribution < -0.4 is 5.73 Å². The molecule has 0 saturated carbocycles. The van der Waals surface area contributed by atoms with Crippen molar-refractivity contribution in [3.8, 4) is 0 Å². The molecule has 0 aliphatic carbocycles. The maximum Gasteiger partial charge on any atom is 0.0850 e. The van der Waals surface area contributed by atoms with Crippen molar-refractivity contribution in [2.45, 2.75) is 25.8 Å². The molecule has 18 heavy (non-hydrogen) atoms. The highest BCUT2D eigenvalue weighted by Crippen LogP contribution is 2.24. The topological polar surface area (TPSA) is 69.6 Å². The lowest BCUT2D eigenvalue weighted by Gasteiger charge is -2.11. The summed E-state index contributed by atoms with van der Waals surface area (Å²) in [6, 6.07) is 1.71. The van der Waals surface area contributed by atoms with Gasteiger partial charge in [-0.15, -0.1) is 0 Å². The van der Waals surface area contributed by atoms with Gasteiger partial charge in [-0.3, -0.25) is 4.68 Å². The third kappa shape index (κ3) is 2.52. The number of rotatable bonds is 4. The zero-order chi connectivity index (χ0) is 13.1. The van der Waals surface area contributed by atoms with Gasteiger partial charge in [-0.2, -0.15) is 15.3 Å². The SMILES string of the molecule is CCc1nn(C)c(CC(N)c2ccnnc2)c1Cl. The standard InChI is InChI=1S/C12H16ClN5/c1-3-10-12(13)11(18(2)17-10)6-9(14)8-4-5-15-16-7-8/h4-5,7,9H,3,6,14H2,1-2H3. The van der Waals surface area contributed by atoms with Crippen LogP contribution in [0.15, 0.2) is 18.5 Å². The predicted molar refractivity (Wildman–Crippen MR) is 70.3 cm³/mol. The van der Waals surface area contributed by atoms with Crippen LogP contribution in [0.25, 0.3) is 0 Å². The molecule has 0 fully saturated rings. The van der Waals surface area contributed by atoms with Crippen molar-refractivity contribution in [1.29, 1.82) is 0 Å². The fraction of sp³-hybridized carbons (Fsp3) is 0.417. The summed E-state index contributed by atoms with van der Waals surface area (Å²) in [7, 11) is 1.89. The Balaban J connectivity index is 2.22. The average Bonchev–Trinajstić information content (AvgIpc) is 2.67. The van der Waals surface area contributed by atoms with Crippen molar-refractivity contribution in [2.24, 2.45) is 12.8 Å². The first-order valence-electron chi connectivity index (χ1n) is 5.85. The Morgan fingerprint density at radius 3 is 2.78 bits per heavy atom. The summed E-state index contributed by atoms with van der Waals surface area (Å²) in [4.78, 5) is 0. The second-order valence-corrected chi connectivity index (χ2v) is 4.55. The van der Waals surface area contributed by atoms with Gasteiger partial charge < -0.3 is 5.73 Å². The van der Waals surface area contributed by atoms with E-state index in [1.807, 2.05) is 20.0 Å². The highest BCUT2D eigenvalue weighted by Gasteiger charge is 2.16. The van der Waals surface area contributed by atoms with E-state index >= 15 is 0 Å². The summed E-state index contributed by atoms with van der Waals surface area (Å²) in [6.45, 7) is 2.03. The van der Waals surface area contributed by atoms with E-state index in [1.54, 1.807) is 17.1 Å². The normalized spacial score (nSPS) is 12.7. The molecule has 0 amide bonds. The lowest BCUT2D eigenvalue weighted by atomic mass is 10.1. The first-order chi connectivity index (χ1) is 8.63. The van der Waals surface area contributed by atoms with Crippen LogP contribution >= 0.6 is 11.6 Å². The largest absolute Gasteiger partial charge is 0.324 e. The quantitative estimate of drug-likeness (QED) is 0.913. The summed E-state index contributed by atoms with van der Waals surface area (Å²) >= 11 is 6.29. The van der Waals surface area contributed by atoms with Crippen LogP contribution in [0.4, 0.5) is 0 Å². The zero-order valence-corrected chi connectivity index (χ0v) is 11.2. The smallest absolute Gasteiger partial charge is 0.0850 e. The van der Waals surface area contributed by atoms with E-state index in [1.165, 1.54) is 0 Å². The van der Waals surface area contributed by atoms with Crippen LogP contribution in [-0.2, 0) is 19.9 Å². The van der Waals surface area contributed by atoms with E-state index in [9.17, 15) is 0 Å². The van der Waals surface area contributed by atoms with E-state index in [0.717, 1.165) is 28.4 Å². The van der Waals surface area contributed by atoms with Crippen molar-refractivity contribution >= 4 is 11.6 Å². The highest BCUT2D eigenvalue weighted by molar-refractivity contribution is 6.31. The van der Waals surface area contributed by atoms with Gasteiger partial charge in [0.2, 0.25) is 0 Å². The summed E-state index contributed by atoms with van der Waals surface area (Å²) < 4.78 is 1.80. The number of aryl methyl sites for hydroxylation is 2. The number of nitrogens with two attached hydrogens (primary N) is 1. The predicted octanol–water partition coefficient (Wildman–Crippen LogP) is 1.67. The molecule has 2 N–H and O–H groups in total. The molecule has 1 unspecified atom stereocenters. The molecule has 2 rings (SSSR count). The Kier molecular flexibility index (Phi) is 3.93. The van der Waals surface area contributed by atoms with E-state index in [4.69, 9.17) is 17.3 Å².